The normalized spacial score (nSPS) is 12.5. The van der Waals surface area contributed by atoms with E-state index in [0.717, 1.165) is 29.8 Å². The predicted octanol–water partition coefficient (Wildman–Crippen LogP) is 2.45. The molecule has 108 valence electrons. The molecule has 5 nitrogen and oxygen atoms in total. The Morgan fingerprint density at radius 2 is 2.00 bits per heavy atom. The van der Waals surface area contributed by atoms with E-state index < -0.39 is 0 Å². The fraction of sp³-hybridized carbons (Fsp3) is 0.692. The lowest BCUT2D eigenvalue weighted by Gasteiger charge is -2.21. The quantitative estimate of drug-likeness (QED) is 0.503. The maximum Gasteiger partial charge on any atom is 0.191 e. The Hall–Kier alpha value is -1.01. The molecule has 0 radical (unpaired) electrons. The molecule has 0 saturated heterocycles. The Labute approximate surface area is 119 Å². The molecule has 1 atom stereocenters. The van der Waals surface area contributed by atoms with Crippen molar-refractivity contribution in [2.45, 2.75) is 38.4 Å². The standard InChI is InChI=1S/C13H24N4OS/c1-5-6-14-11-7-12(17-13(16-11)19-4)15-10(8-18)9(2)3/h7,9-10,18H,5-6,8H2,1-4H3,(H2,14,15,16,17). The van der Waals surface area contributed by atoms with Crippen molar-refractivity contribution in [3.8, 4) is 0 Å². The number of anilines is 2. The summed E-state index contributed by atoms with van der Waals surface area (Å²) in [5, 5.41) is 16.6. The summed E-state index contributed by atoms with van der Waals surface area (Å²) in [4.78, 5) is 8.83. The van der Waals surface area contributed by atoms with Gasteiger partial charge in [0.15, 0.2) is 5.16 Å². The first-order valence-electron chi connectivity index (χ1n) is 6.65. The molecule has 0 bridgehead atoms. The van der Waals surface area contributed by atoms with Crippen LogP contribution in [0.25, 0.3) is 0 Å². The molecule has 0 aliphatic heterocycles. The van der Waals surface area contributed by atoms with Crippen molar-refractivity contribution in [2.75, 3.05) is 30.0 Å². The first-order valence-corrected chi connectivity index (χ1v) is 7.87. The molecule has 0 aliphatic carbocycles. The number of nitrogens with zero attached hydrogens (tertiary/aromatic N) is 2. The number of hydrogen-bond acceptors (Lipinski definition) is 6. The van der Waals surface area contributed by atoms with Gasteiger partial charge >= 0.3 is 0 Å². The minimum absolute atomic E-state index is 0.00336. The average molecular weight is 284 g/mol. The van der Waals surface area contributed by atoms with Crippen LogP contribution in [-0.4, -0.2) is 40.5 Å². The van der Waals surface area contributed by atoms with Crippen LogP contribution in [0.5, 0.6) is 0 Å². The van der Waals surface area contributed by atoms with E-state index in [1.165, 1.54) is 11.8 Å². The zero-order chi connectivity index (χ0) is 14.3. The second-order valence-corrected chi connectivity index (χ2v) is 5.50. The number of aliphatic hydroxyl groups is 1. The van der Waals surface area contributed by atoms with Gasteiger partial charge < -0.3 is 15.7 Å². The highest BCUT2D eigenvalue weighted by Crippen LogP contribution is 2.19. The number of hydrogen-bond donors (Lipinski definition) is 3. The molecule has 1 unspecified atom stereocenters. The number of nitrogens with one attached hydrogen (secondary N) is 2. The summed E-state index contributed by atoms with van der Waals surface area (Å²) in [5.74, 6) is 1.92. The lowest BCUT2D eigenvalue weighted by Crippen LogP contribution is -2.30. The molecule has 0 aromatic carbocycles. The fourth-order valence-electron chi connectivity index (χ4n) is 1.55. The van der Waals surface area contributed by atoms with Crippen molar-refractivity contribution in [1.82, 2.24) is 9.97 Å². The summed E-state index contributed by atoms with van der Waals surface area (Å²) in [6, 6.07) is 1.89. The van der Waals surface area contributed by atoms with Gasteiger partial charge in [0.2, 0.25) is 0 Å². The summed E-state index contributed by atoms with van der Waals surface area (Å²) in [5.41, 5.74) is 0. The van der Waals surface area contributed by atoms with E-state index in [9.17, 15) is 5.11 Å². The van der Waals surface area contributed by atoms with Crippen molar-refractivity contribution in [3.63, 3.8) is 0 Å². The molecule has 0 aliphatic rings. The SMILES string of the molecule is CCCNc1cc(NC(CO)C(C)C)nc(SC)n1. The minimum Gasteiger partial charge on any atom is -0.394 e. The van der Waals surface area contributed by atoms with Gasteiger partial charge in [0.25, 0.3) is 0 Å². The average Bonchev–Trinajstić information content (AvgIpc) is 2.41. The van der Waals surface area contributed by atoms with Crippen LogP contribution < -0.4 is 10.6 Å². The van der Waals surface area contributed by atoms with Crippen LogP contribution in [0.15, 0.2) is 11.2 Å². The van der Waals surface area contributed by atoms with E-state index in [0.29, 0.717) is 5.92 Å². The second kappa shape index (κ2) is 8.22. The Kier molecular flexibility index (Phi) is 6.94. The molecule has 1 rings (SSSR count). The molecule has 1 aromatic rings. The van der Waals surface area contributed by atoms with Crippen molar-refractivity contribution in [1.29, 1.82) is 0 Å². The summed E-state index contributed by atoms with van der Waals surface area (Å²) >= 11 is 1.51. The zero-order valence-electron chi connectivity index (χ0n) is 12.1. The second-order valence-electron chi connectivity index (χ2n) is 4.73. The fourth-order valence-corrected chi connectivity index (χ4v) is 1.93. The van der Waals surface area contributed by atoms with Gasteiger partial charge in [0.1, 0.15) is 11.6 Å². The van der Waals surface area contributed by atoms with Crippen LogP contribution >= 0.6 is 11.8 Å². The van der Waals surface area contributed by atoms with Crippen molar-refractivity contribution >= 4 is 23.4 Å². The van der Waals surface area contributed by atoms with Gasteiger partial charge in [-0.1, -0.05) is 32.5 Å². The molecule has 0 saturated carbocycles. The van der Waals surface area contributed by atoms with E-state index in [1.807, 2.05) is 12.3 Å². The highest BCUT2D eigenvalue weighted by atomic mass is 32.2. The smallest absolute Gasteiger partial charge is 0.191 e. The number of aliphatic hydroxyl groups excluding tert-OH is 1. The van der Waals surface area contributed by atoms with E-state index in [1.54, 1.807) is 0 Å². The molecule has 19 heavy (non-hydrogen) atoms. The Bertz CT molecular complexity index is 387. The predicted molar refractivity (Wildman–Crippen MR) is 81.9 cm³/mol. The molecule has 1 aromatic heterocycles. The van der Waals surface area contributed by atoms with Gasteiger partial charge in [-0.25, -0.2) is 9.97 Å². The van der Waals surface area contributed by atoms with Gasteiger partial charge in [-0.3, -0.25) is 0 Å². The number of aromatic nitrogens is 2. The van der Waals surface area contributed by atoms with E-state index in [2.05, 4.69) is 41.4 Å². The van der Waals surface area contributed by atoms with Crippen molar-refractivity contribution < 1.29 is 5.11 Å². The van der Waals surface area contributed by atoms with Gasteiger partial charge in [-0.15, -0.1) is 0 Å². The van der Waals surface area contributed by atoms with Crippen LogP contribution in [0, 0.1) is 5.92 Å². The maximum atomic E-state index is 9.37. The van der Waals surface area contributed by atoms with Crippen LogP contribution in [0.1, 0.15) is 27.2 Å². The lowest BCUT2D eigenvalue weighted by molar-refractivity contribution is 0.249. The maximum absolute atomic E-state index is 9.37. The Balaban J connectivity index is 2.86. The highest BCUT2D eigenvalue weighted by molar-refractivity contribution is 7.98. The van der Waals surface area contributed by atoms with E-state index in [4.69, 9.17) is 0 Å². The number of thioether (sulfide) groups is 1. The van der Waals surface area contributed by atoms with Gasteiger partial charge in [0, 0.05) is 12.6 Å². The third-order valence-corrected chi connectivity index (χ3v) is 3.33. The largest absolute Gasteiger partial charge is 0.394 e. The van der Waals surface area contributed by atoms with Crippen molar-refractivity contribution in [3.05, 3.63) is 6.07 Å². The zero-order valence-corrected chi connectivity index (χ0v) is 12.9. The first-order chi connectivity index (χ1) is 9.10. The third kappa shape index (κ3) is 5.24. The molecule has 1 heterocycles. The van der Waals surface area contributed by atoms with Gasteiger partial charge in [-0.2, -0.15) is 0 Å². The Morgan fingerprint density at radius 1 is 1.32 bits per heavy atom. The van der Waals surface area contributed by atoms with Gasteiger partial charge in [0.05, 0.1) is 12.6 Å². The summed E-state index contributed by atoms with van der Waals surface area (Å²) in [7, 11) is 0. The molecule has 6 heteroatoms. The van der Waals surface area contributed by atoms with Gasteiger partial charge in [-0.05, 0) is 18.6 Å². The monoisotopic (exact) mass is 284 g/mol. The van der Waals surface area contributed by atoms with Crippen molar-refractivity contribution in [2.24, 2.45) is 5.92 Å². The molecule has 0 spiro atoms. The molecular formula is C13H24N4OS. The first kappa shape index (κ1) is 16.0. The molecule has 0 amide bonds. The minimum atomic E-state index is 0.00336. The highest BCUT2D eigenvalue weighted by Gasteiger charge is 2.13. The number of rotatable bonds is 8. The molecular weight excluding hydrogens is 260 g/mol. The van der Waals surface area contributed by atoms with Crippen LogP contribution in [0.4, 0.5) is 11.6 Å². The van der Waals surface area contributed by atoms with E-state index in [-0.39, 0.29) is 12.6 Å². The third-order valence-electron chi connectivity index (χ3n) is 2.78. The van der Waals surface area contributed by atoms with E-state index >= 15 is 0 Å². The summed E-state index contributed by atoms with van der Waals surface area (Å²) < 4.78 is 0. The molecule has 3 N–H and O–H groups in total. The topological polar surface area (TPSA) is 70.1 Å². The van der Waals surface area contributed by atoms with Crippen LogP contribution in [0.3, 0.4) is 0 Å². The Morgan fingerprint density at radius 3 is 2.53 bits per heavy atom. The summed E-state index contributed by atoms with van der Waals surface area (Å²) in [6.45, 7) is 7.23. The lowest BCUT2D eigenvalue weighted by atomic mass is 10.1. The van der Waals surface area contributed by atoms with Crippen LogP contribution in [-0.2, 0) is 0 Å². The summed E-state index contributed by atoms with van der Waals surface area (Å²) in [6.07, 6.45) is 3.00. The van der Waals surface area contributed by atoms with Crippen LogP contribution in [0.2, 0.25) is 0 Å². The molecule has 0 fully saturated rings.